The fraction of sp³-hybridized carbons (Fsp3) is 0.364. The minimum atomic E-state index is 0.996. The average molecular weight is 670 g/mol. The Kier molecular flexibility index (Phi) is 15.4. The second-order valence-electron chi connectivity index (χ2n) is 12.4. The van der Waals surface area contributed by atoms with E-state index in [1.54, 1.807) is 14.4 Å². The monoisotopic (exact) mass is 668 g/mol. The predicted molar refractivity (Wildman–Crippen MR) is 199 cm³/mol. The van der Waals surface area contributed by atoms with E-state index in [1.807, 2.05) is 12.1 Å². The van der Waals surface area contributed by atoms with Crippen LogP contribution in [0.3, 0.4) is 0 Å². The van der Waals surface area contributed by atoms with Crippen molar-refractivity contribution in [1.82, 2.24) is 0 Å². The van der Waals surface area contributed by atoms with Gasteiger partial charge < -0.3 is 5.53 Å². The van der Waals surface area contributed by atoms with Crippen LogP contribution in [0.5, 0.6) is 0 Å². The van der Waals surface area contributed by atoms with Crippen LogP contribution in [0, 0.1) is 0 Å². The van der Waals surface area contributed by atoms with E-state index >= 15 is 0 Å². The molecule has 0 radical (unpaired) electrons. The van der Waals surface area contributed by atoms with E-state index in [0.29, 0.717) is 0 Å². The number of unbranched alkanes of at least 4 members (excludes halogenated alkanes) is 4. The molecule has 4 aromatic rings. The summed E-state index contributed by atoms with van der Waals surface area (Å²) in [7, 11) is 0. The van der Waals surface area contributed by atoms with Crippen LogP contribution in [0.4, 0.5) is 0 Å². The third kappa shape index (κ3) is 10.7. The Balaban J connectivity index is 0.000000318. The average Bonchev–Trinajstić information content (AvgIpc) is 3.39. The van der Waals surface area contributed by atoms with Gasteiger partial charge in [0.2, 0.25) is 11.4 Å². The molecule has 0 saturated heterocycles. The molecule has 0 atom stereocenters. The van der Waals surface area contributed by atoms with Crippen molar-refractivity contribution in [2.75, 3.05) is 0 Å². The molecular weight excluding hydrogens is 615 g/mol. The Bertz CT molecular complexity index is 1550. The van der Waals surface area contributed by atoms with Gasteiger partial charge in [-0.2, -0.15) is 0 Å². The van der Waals surface area contributed by atoms with Crippen molar-refractivity contribution in [3.8, 4) is 0 Å². The number of nitrogens with zero attached hydrogens (tertiary/aromatic N) is 2. The molecule has 0 spiro atoms. The molecule has 0 fully saturated rings. The number of benzene rings is 4. The van der Waals surface area contributed by atoms with Crippen LogP contribution in [0.2, 0.25) is 0 Å². The fourth-order valence-corrected chi connectivity index (χ4v) is 7.01. The first-order valence-electron chi connectivity index (χ1n) is 17.9. The Morgan fingerprint density at radius 3 is 1.45 bits per heavy atom. The zero-order chi connectivity index (χ0) is 33.3. The third-order valence-electron chi connectivity index (χ3n) is 8.59. The first-order valence-corrected chi connectivity index (χ1v) is 18.9. The summed E-state index contributed by atoms with van der Waals surface area (Å²) in [6, 6.07) is 38.7. The van der Waals surface area contributed by atoms with Crippen LogP contribution in [0.15, 0.2) is 120 Å². The Morgan fingerprint density at radius 1 is 0.468 bits per heavy atom. The van der Waals surface area contributed by atoms with Crippen LogP contribution in [0.1, 0.15) is 114 Å². The van der Waals surface area contributed by atoms with Crippen molar-refractivity contribution in [1.29, 1.82) is 0 Å². The summed E-state index contributed by atoms with van der Waals surface area (Å²) in [5, 5.41) is 0. The van der Waals surface area contributed by atoms with Crippen molar-refractivity contribution >= 4 is 20.5 Å². The fourth-order valence-electron chi connectivity index (χ4n) is 5.97. The number of rotatable bonds is 16. The molecule has 250 valence electrons. The van der Waals surface area contributed by atoms with Crippen LogP contribution >= 0.6 is 0 Å². The van der Waals surface area contributed by atoms with Gasteiger partial charge in [0.05, 0.1) is 0 Å². The molecule has 0 saturated carbocycles. The zero-order valence-corrected chi connectivity index (χ0v) is 30.1. The summed E-state index contributed by atoms with van der Waals surface area (Å²) in [5.74, 6) is 0. The zero-order valence-electron chi connectivity index (χ0n) is 29.1. The van der Waals surface area contributed by atoms with E-state index in [2.05, 4.69) is 125 Å². The summed E-state index contributed by atoms with van der Waals surface area (Å²) >= 11 is 1.60. The summed E-state index contributed by atoms with van der Waals surface area (Å²) in [6.07, 6.45) is 13.7. The Hall–Kier alpha value is -3.55. The topological polar surface area (TPSA) is 25.3 Å². The quantitative estimate of drug-likeness (QED) is 0.0838. The van der Waals surface area contributed by atoms with Gasteiger partial charge in [-0.3, -0.25) is 0 Å². The van der Waals surface area contributed by atoms with Gasteiger partial charge in [0.15, 0.2) is 0 Å². The number of allylic oxidation sites excluding steroid dienone is 2. The van der Waals surface area contributed by atoms with Gasteiger partial charge in [-0.25, -0.2) is 4.70 Å². The molecule has 0 bridgehead atoms. The van der Waals surface area contributed by atoms with Gasteiger partial charge in [0.25, 0.3) is 0 Å². The molecule has 2 nitrogen and oxygen atoms in total. The first kappa shape index (κ1) is 36.3. The molecule has 47 heavy (non-hydrogen) atoms. The van der Waals surface area contributed by atoms with E-state index in [9.17, 15) is 5.53 Å². The maximum absolute atomic E-state index is 11.7. The molecule has 0 unspecified atom stereocenters. The number of hydrogen-bond donors (Lipinski definition) is 0. The second kappa shape index (κ2) is 20.0. The summed E-state index contributed by atoms with van der Waals surface area (Å²) < 4.78 is 4.14. The standard InChI is InChI=1S/C32H44N2.2C6H5.Ni/c1-5-9-14-25-20-22-27(23-21-25)31-29(18-11-7-3)30(19-12-8-4)32(34(31)33)28-17-13-16-26(24-28)15-10-6-2;2*1-2-4-6-5-3-1;/h13,16-17,20-24H,5-12,14-15,18-19H2,1-4H3;2*1-5H;. The molecule has 0 amide bonds. The van der Waals surface area contributed by atoms with Crippen molar-refractivity contribution in [2.24, 2.45) is 0 Å². The van der Waals surface area contributed by atoms with Gasteiger partial charge >= 0.3 is 84.2 Å². The van der Waals surface area contributed by atoms with Crippen LogP contribution in [-0.2, 0) is 27.3 Å². The first-order chi connectivity index (χ1) is 23.1. The molecule has 1 aliphatic heterocycles. The van der Waals surface area contributed by atoms with Crippen molar-refractivity contribution in [3.63, 3.8) is 0 Å². The predicted octanol–water partition coefficient (Wildman–Crippen LogP) is 11.6. The van der Waals surface area contributed by atoms with E-state index in [0.717, 1.165) is 73.9 Å². The number of hydrogen-bond acceptors (Lipinski definition) is 0. The molecule has 0 aliphatic carbocycles. The summed E-state index contributed by atoms with van der Waals surface area (Å²) in [6.45, 7) is 8.99. The van der Waals surface area contributed by atoms with E-state index < -0.39 is 0 Å². The third-order valence-corrected chi connectivity index (χ3v) is 9.82. The molecule has 1 heterocycles. The Morgan fingerprint density at radius 2 is 0.936 bits per heavy atom. The van der Waals surface area contributed by atoms with E-state index in [-0.39, 0.29) is 0 Å². The van der Waals surface area contributed by atoms with Gasteiger partial charge in [0.1, 0.15) is 0 Å². The van der Waals surface area contributed by atoms with Crippen LogP contribution in [0.25, 0.3) is 16.9 Å². The van der Waals surface area contributed by atoms with Crippen LogP contribution in [-0.4, -0.2) is 4.70 Å². The summed E-state index contributed by atoms with van der Waals surface area (Å²) in [5.41, 5.74) is 21.4. The van der Waals surface area contributed by atoms with Crippen LogP contribution < -0.4 is 9.07 Å². The molecule has 4 aromatic carbocycles. The van der Waals surface area contributed by atoms with Crippen molar-refractivity contribution in [2.45, 2.75) is 105 Å². The van der Waals surface area contributed by atoms with Crippen molar-refractivity contribution in [3.05, 3.63) is 148 Å². The summed E-state index contributed by atoms with van der Waals surface area (Å²) in [4.78, 5) is 0. The molecular formula is C44H54N2Ni. The molecule has 1 aliphatic rings. The van der Waals surface area contributed by atoms with Crippen molar-refractivity contribution < 1.29 is 19.1 Å². The Labute approximate surface area is 291 Å². The molecule has 0 N–H and O–H groups in total. The van der Waals surface area contributed by atoms with Gasteiger partial charge in [0, 0.05) is 22.3 Å². The maximum atomic E-state index is 11.7. The van der Waals surface area contributed by atoms with E-state index in [4.69, 9.17) is 0 Å². The molecule has 3 heteroatoms. The van der Waals surface area contributed by atoms with Gasteiger partial charge in [-0.05, 0) is 86.8 Å². The number of aryl methyl sites for hydroxylation is 2. The van der Waals surface area contributed by atoms with Gasteiger partial charge in [-0.15, -0.1) is 0 Å². The van der Waals surface area contributed by atoms with Gasteiger partial charge in [-0.1, -0.05) is 77.6 Å². The second-order valence-corrected chi connectivity index (χ2v) is 13.8. The normalized spacial score (nSPS) is 12.9. The minimum absolute atomic E-state index is 0.996. The van der Waals surface area contributed by atoms with E-state index in [1.165, 1.54) is 61.7 Å². The molecule has 5 rings (SSSR count). The SMILES string of the molecule is CCCCC1=C(c2ccc(CCCC)cc2)[N+](=[N-])C(c2cccc(CCCC)c2)=C1CCCC.c1cc[c]([Ni][c]2ccccc2)cc1. The molecule has 0 aromatic heterocycles.